The molecule has 1 spiro atoms. The van der Waals surface area contributed by atoms with Gasteiger partial charge in [-0.1, -0.05) is 52.2 Å². The fraction of sp³-hybridized carbons (Fsp3) is 0.917. The van der Waals surface area contributed by atoms with E-state index in [1.54, 1.807) is 0 Å². The second-order valence-corrected chi connectivity index (χ2v) is 10.1. The summed E-state index contributed by atoms with van der Waals surface area (Å²) in [6.45, 7) is 8.17. The van der Waals surface area contributed by atoms with E-state index in [2.05, 4.69) is 26.8 Å². The van der Waals surface area contributed by atoms with Crippen molar-refractivity contribution in [3.05, 3.63) is 12.2 Å². The van der Waals surface area contributed by atoms with Crippen molar-refractivity contribution in [3.8, 4) is 0 Å². The van der Waals surface area contributed by atoms with Crippen LogP contribution in [-0.2, 0) is 9.47 Å². The van der Waals surface area contributed by atoms with E-state index in [0.717, 1.165) is 32.1 Å². The molecule has 6 atom stereocenters. The average Bonchev–Trinajstić information content (AvgIpc) is 3.20. The van der Waals surface area contributed by atoms with Crippen LogP contribution in [0.2, 0.25) is 0 Å². The van der Waals surface area contributed by atoms with E-state index in [-0.39, 0.29) is 23.5 Å². The molecule has 1 saturated heterocycles. The van der Waals surface area contributed by atoms with Crippen LogP contribution in [-0.4, -0.2) is 41.4 Å². The predicted octanol–water partition coefficient (Wildman–Crippen LogP) is 4.30. The highest BCUT2D eigenvalue weighted by Gasteiger charge is 2.77. The van der Waals surface area contributed by atoms with Gasteiger partial charge in [0, 0.05) is 17.3 Å². The van der Waals surface area contributed by atoms with E-state index in [4.69, 9.17) is 9.47 Å². The lowest BCUT2D eigenvalue weighted by Crippen LogP contribution is -2.76. The molecule has 0 amide bonds. The summed E-state index contributed by atoms with van der Waals surface area (Å²) in [5.74, 6) is 1.11. The summed E-state index contributed by atoms with van der Waals surface area (Å²) in [4.78, 5) is 0. The fourth-order valence-corrected chi connectivity index (χ4v) is 7.48. The fourth-order valence-electron chi connectivity index (χ4n) is 7.48. The Morgan fingerprint density at radius 3 is 2.36 bits per heavy atom. The Morgan fingerprint density at radius 1 is 1.07 bits per heavy atom. The van der Waals surface area contributed by atoms with Crippen LogP contribution in [0.1, 0.15) is 72.1 Å². The van der Waals surface area contributed by atoms with E-state index in [1.165, 1.54) is 19.3 Å². The number of ether oxygens (including phenoxy) is 2. The van der Waals surface area contributed by atoms with Gasteiger partial charge in [0.1, 0.15) is 0 Å². The minimum absolute atomic E-state index is 0.0335. The molecule has 160 valence electrons. The largest absolute Gasteiger partial charge is 0.393 e. The van der Waals surface area contributed by atoms with E-state index >= 15 is 0 Å². The lowest BCUT2D eigenvalue weighted by atomic mass is 9.37. The van der Waals surface area contributed by atoms with E-state index in [1.807, 2.05) is 6.08 Å². The maximum atomic E-state index is 10.9. The van der Waals surface area contributed by atoms with Crippen LogP contribution in [0, 0.1) is 35.0 Å². The van der Waals surface area contributed by atoms with E-state index in [9.17, 15) is 10.2 Å². The van der Waals surface area contributed by atoms with Crippen LogP contribution in [0.15, 0.2) is 12.2 Å². The Hall–Kier alpha value is -0.420. The smallest absolute Gasteiger partial charge is 0.177 e. The Labute approximate surface area is 170 Å². The van der Waals surface area contributed by atoms with Crippen molar-refractivity contribution in [1.82, 2.24) is 0 Å². The highest BCUT2D eigenvalue weighted by atomic mass is 16.7. The monoisotopic (exact) mass is 392 g/mol. The standard InChI is InChI=1S/C24H40O4/c1-4-19-22-18(10-11-20(25)17-8-6-5-7-9-17)21(26)12-13-23(22,16(2)3)24(19)27-14-15-28-24/h10-11,16-22,25-26H,4-9,12-15H2,1-3H3/b11-10+/t18-,19?,20+,21+,22-,23+/m0/s1. The molecule has 1 unspecified atom stereocenters. The normalized spacial score (nSPS) is 42.1. The zero-order valence-corrected chi connectivity index (χ0v) is 18.0. The first-order valence-corrected chi connectivity index (χ1v) is 11.8. The summed E-state index contributed by atoms with van der Waals surface area (Å²) in [7, 11) is 0. The van der Waals surface area contributed by atoms with Crippen LogP contribution in [0.5, 0.6) is 0 Å². The quantitative estimate of drug-likeness (QED) is 0.685. The van der Waals surface area contributed by atoms with Crippen molar-refractivity contribution >= 4 is 0 Å². The number of fused-ring (bicyclic) bond motifs is 2. The first-order chi connectivity index (χ1) is 13.5. The lowest BCUT2D eigenvalue weighted by Gasteiger charge is -2.72. The molecule has 1 heterocycles. The summed E-state index contributed by atoms with van der Waals surface area (Å²) in [5.41, 5.74) is -0.0335. The Balaban J connectivity index is 1.59. The highest BCUT2D eigenvalue weighted by Crippen LogP contribution is 2.73. The summed E-state index contributed by atoms with van der Waals surface area (Å²) < 4.78 is 12.7. The third kappa shape index (κ3) is 2.93. The van der Waals surface area contributed by atoms with Crippen molar-refractivity contribution in [2.24, 2.45) is 35.0 Å². The molecule has 4 fully saturated rings. The topological polar surface area (TPSA) is 58.9 Å². The van der Waals surface area contributed by atoms with Gasteiger partial charge >= 0.3 is 0 Å². The molecule has 3 aliphatic carbocycles. The molecule has 4 heteroatoms. The molecule has 4 nitrogen and oxygen atoms in total. The third-order valence-corrected chi connectivity index (χ3v) is 8.73. The van der Waals surface area contributed by atoms with Crippen molar-refractivity contribution in [3.63, 3.8) is 0 Å². The highest BCUT2D eigenvalue weighted by molar-refractivity contribution is 5.23. The summed E-state index contributed by atoms with van der Waals surface area (Å²) in [6.07, 6.45) is 12.2. The summed E-state index contributed by atoms with van der Waals surface area (Å²) in [6, 6.07) is 0. The first-order valence-electron chi connectivity index (χ1n) is 11.8. The summed E-state index contributed by atoms with van der Waals surface area (Å²) in [5, 5.41) is 21.7. The van der Waals surface area contributed by atoms with Crippen LogP contribution < -0.4 is 0 Å². The molecular formula is C24H40O4. The zero-order valence-electron chi connectivity index (χ0n) is 18.0. The van der Waals surface area contributed by atoms with Gasteiger partial charge in [-0.25, -0.2) is 0 Å². The lowest BCUT2D eigenvalue weighted by molar-refractivity contribution is -0.404. The number of aliphatic hydroxyl groups is 2. The van der Waals surface area contributed by atoms with Gasteiger partial charge < -0.3 is 19.7 Å². The molecule has 0 aromatic rings. The Kier molecular flexibility index (Phi) is 5.97. The van der Waals surface area contributed by atoms with Gasteiger partial charge in [-0.2, -0.15) is 0 Å². The van der Waals surface area contributed by atoms with Gasteiger partial charge in [-0.15, -0.1) is 0 Å². The molecule has 2 N–H and O–H groups in total. The molecule has 28 heavy (non-hydrogen) atoms. The molecule has 0 aromatic heterocycles. The van der Waals surface area contributed by atoms with Crippen LogP contribution in [0.4, 0.5) is 0 Å². The van der Waals surface area contributed by atoms with E-state index in [0.29, 0.717) is 36.9 Å². The SMILES string of the molecule is CCC1[C@@H]2[C@@H](/C=C/[C@@H](O)C3CCCCC3)[C@H](O)CC[C@]2(C(C)C)C12OCCO2. The van der Waals surface area contributed by atoms with Gasteiger partial charge in [0.15, 0.2) is 5.79 Å². The zero-order chi connectivity index (χ0) is 19.9. The Morgan fingerprint density at radius 2 is 1.75 bits per heavy atom. The maximum absolute atomic E-state index is 10.9. The molecule has 0 aromatic carbocycles. The molecule has 4 rings (SSSR count). The van der Waals surface area contributed by atoms with Crippen LogP contribution in [0.25, 0.3) is 0 Å². The van der Waals surface area contributed by atoms with Gasteiger partial charge in [0.2, 0.25) is 0 Å². The van der Waals surface area contributed by atoms with Gasteiger partial charge in [-0.3, -0.25) is 0 Å². The Bertz CT molecular complexity index is 561. The number of hydrogen-bond donors (Lipinski definition) is 2. The minimum atomic E-state index is -0.463. The third-order valence-electron chi connectivity index (χ3n) is 8.73. The second-order valence-electron chi connectivity index (χ2n) is 10.1. The van der Waals surface area contributed by atoms with Crippen molar-refractivity contribution in [2.45, 2.75) is 90.1 Å². The number of aliphatic hydroxyl groups excluding tert-OH is 2. The van der Waals surface area contributed by atoms with Crippen molar-refractivity contribution in [1.29, 1.82) is 0 Å². The van der Waals surface area contributed by atoms with E-state index < -0.39 is 5.79 Å². The minimum Gasteiger partial charge on any atom is -0.393 e. The molecule has 3 saturated carbocycles. The molecule has 0 bridgehead atoms. The van der Waals surface area contributed by atoms with Crippen LogP contribution in [0.3, 0.4) is 0 Å². The number of rotatable bonds is 5. The predicted molar refractivity (Wildman–Crippen MR) is 110 cm³/mol. The summed E-state index contributed by atoms with van der Waals surface area (Å²) >= 11 is 0. The van der Waals surface area contributed by atoms with Crippen molar-refractivity contribution < 1.29 is 19.7 Å². The second kappa shape index (κ2) is 8.02. The van der Waals surface area contributed by atoms with Crippen molar-refractivity contribution in [2.75, 3.05) is 13.2 Å². The molecule has 1 aliphatic heterocycles. The average molecular weight is 393 g/mol. The van der Waals surface area contributed by atoms with Gasteiger partial charge in [0.05, 0.1) is 25.4 Å². The molecule has 4 aliphatic rings. The number of hydrogen-bond acceptors (Lipinski definition) is 4. The van der Waals surface area contributed by atoms with Gasteiger partial charge in [-0.05, 0) is 49.9 Å². The maximum Gasteiger partial charge on any atom is 0.177 e. The van der Waals surface area contributed by atoms with Gasteiger partial charge in [0.25, 0.3) is 0 Å². The first kappa shape index (κ1) is 20.8. The molecule has 0 radical (unpaired) electrons. The van der Waals surface area contributed by atoms with Crippen LogP contribution >= 0.6 is 0 Å². The molecular weight excluding hydrogens is 352 g/mol.